The molecule has 29 heavy (non-hydrogen) atoms. The first-order chi connectivity index (χ1) is 13.7. The number of thiophene rings is 1. The number of halogens is 1. The number of hydrogen-bond acceptors (Lipinski definition) is 4. The van der Waals surface area contributed by atoms with Gasteiger partial charge in [0.2, 0.25) is 0 Å². The van der Waals surface area contributed by atoms with Crippen molar-refractivity contribution in [2.24, 2.45) is 4.99 Å². The Labute approximate surface area is 193 Å². The minimum atomic E-state index is 0. The van der Waals surface area contributed by atoms with E-state index in [2.05, 4.69) is 67.0 Å². The summed E-state index contributed by atoms with van der Waals surface area (Å²) in [6.07, 6.45) is 2.01. The van der Waals surface area contributed by atoms with E-state index in [0.29, 0.717) is 6.54 Å². The first kappa shape index (κ1) is 21.6. The van der Waals surface area contributed by atoms with Gasteiger partial charge in [0.05, 0.1) is 16.4 Å². The predicted molar refractivity (Wildman–Crippen MR) is 132 cm³/mol. The Balaban J connectivity index is 0.00000240. The summed E-state index contributed by atoms with van der Waals surface area (Å²) >= 11 is 1.81. The zero-order chi connectivity index (χ0) is 19.3. The Kier molecular flexibility index (Phi) is 7.54. The molecule has 2 aromatic heterocycles. The number of guanidine groups is 1. The fourth-order valence-corrected chi connectivity index (χ4v) is 4.31. The lowest BCUT2D eigenvalue weighted by Gasteiger charge is -2.37. The van der Waals surface area contributed by atoms with Crippen LogP contribution in [0.2, 0.25) is 0 Å². The minimum Gasteiger partial charge on any atom is -0.360 e. The van der Waals surface area contributed by atoms with Crippen molar-refractivity contribution in [3.05, 3.63) is 65.3 Å². The molecule has 1 saturated heterocycles. The maximum Gasteiger partial charge on any atom is 0.194 e. The number of hydrogen-bond donors (Lipinski definition) is 1. The third-order valence-electron chi connectivity index (χ3n) is 5.01. The molecule has 3 heterocycles. The molecule has 1 aliphatic rings. The number of para-hydroxylation sites is 1. The molecule has 1 aliphatic heterocycles. The van der Waals surface area contributed by atoms with E-state index >= 15 is 0 Å². The van der Waals surface area contributed by atoms with Gasteiger partial charge in [-0.05, 0) is 42.1 Å². The summed E-state index contributed by atoms with van der Waals surface area (Å²) in [5.74, 6) is 0.956. The second-order valence-corrected chi connectivity index (χ2v) is 7.78. The van der Waals surface area contributed by atoms with Gasteiger partial charge in [0.15, 0.2) is 5.96 Å². The highest BCUT2D eigenvalue weighted by Gasteiger charge is 2.20. The van der Waals surface area contributed by atoms with Gasteiger partial charge in [-0.3, -0.25) is 4.99 Å². The van der Waals surface area contributed by atoms with Crippen molar-refractivity contribution in [2.75, 3.05) is 38.1 Å². The molecule has 0 unspecified atom stereocenters. The van der Waals surface area contributed by atoms with Crippen LogP contribution >= 0.6 is 35.3 Å². The van der Waals surface area contributed by atoms with Crippen LogP contribution in [0.15, 0.2) is 59.0 Å². The van der Waals surface area contributed by atoms with Crippen molar-refractivity contribution in [3.8, 4) is 5.69 Å². The predicted octanol–water partition coefficient (Wildman–Crippen LogP) is 3.76. The van der Waals surface area contributed by atoms with Crippen LogP contribution in [-0.2, 0) is 6.54 Å². The van der Waals surface area contributed by atoms with E-state index in [1.54, 1.807) is 11.3 Å². The van der Waals surface area contributed by atoms with Gasteiger partial charge in [0, 0.05) is 46.0 Å². The molecule has 6 nitrogen and oxygen atoms in total. The van der Waals surface area contributed by atoms with Crippen LogP contribution in [0.4, 0.5) is 5.00 Å². The molecule has 0 amide bonds. The molecule has 154 valence electrons. The van der Waals surface area contributed by atoms with Gasteiger partial charge in [0.25, 0.3) is 0 Å². The van der Waals surface area contributed by atoms with Crippen LogP contribution in [0, 0.1) is 6.92 Å². The average Bonchev–Trinajstić information content (AvgIpc) is 3.41. The lowest BCUT2D eigenvalue weighted by molar-refractivity contribution is 0.373. The third kappa shape index (κ3) is 5.11. The van der Waals surface area contributed by atoms with E-state index in [-0.39, 0.29) is 24.0 Å². The molecule has 1 fully saturated rings. The summed E-state index contributed by atoms with van der Waals surface area (Å²) < 4.78 is 1.94. The van der Waals surface area contributed by atoms with Crippen molar-refractivity contribution in [1.82, 2.24) is 20.0 Å². The zero-order valence-corrected chi connectivity index (χ0v) is 19.9. The number of anilines is 1. The molecule has 0 saturated carbocycles. The quantitative estimate of drug-likeness (QED) is 0.322. The maximum absolute atomic E-state index is 4.56. The van der Waals surface area contributed by atoms with Gasteiger partial charge < -0.3 is 15.1 Å². The smallest absolute Gasteiger partial charge is 0.194 e. The SMILES string of the molecule is CN=C(NCc1ccccc1-n1ccc(C)n1)N1CCN(c2cccs2)CC1.I. The summed E-state index contributed by atoms with van der Waals surface area (Å²) in [6, 6.07) is 14.7. The van der Waals surface area contributed by atoms with Gasteiger partial charge in [-0.2, -0.15) is 5.10 Å². The van der Waals surface area contributed by atoms with E-state index in [0.717, 1.165) is 43.5 Å². The van der Waals surface area contributed by atoms with Gasteiger partial charge in [-0.25, -0.2) is 4.68 Å². The highest BCUT2D eigenvalue weighted by molar-refractivity contribution is 14.0. The lowest BCUT2D eigenvalue weighted by atomic mass is 10.2. The maximum atomic E-state index is 4.56. The van der Waals surface area contributed by atoms with Crippen molar-refractivity contribution < 1.29 is 0 Å². The minimum absolute atomic E-state index is 0. The number of aliphatic imine (C=N–C) groups is 1. The number of piperazine rings is 1. The summed E-state index contributed by atoms with van der Waals surface area (Å²) in [5.41, 5.74) is 3.31. The van der Waals surface area contributed by atoms with Gasteiger partial charge in [-0.15, -0.1) is 35.3 Å². The molecule has 0 atom stereocenters. The normalized spacial score (nSPS) is 14.6. The third-order valence-corrected chi connectivity index (χ3v) is 5.94. The van der Waals surface area contributed by atoms with Crippen LogP contribution in [0.25, 0.3) is 5.69 Å². The highest BCUT2D eigenvalue weighted by atomic mass is 127. The lowest BCUT2D eigenvalue weighted by Crippen LogP contribution is -2.52. The zero-order valence-electron chi connectivity index (χ0n) is 16.8. The molecule has 1 aromatic carbocycles. The van der Waals surface area contributed by atoms with Crippen molar-refractivity contribution in [3.63, 3.8) is 0 Å². The molecular formula is C21H27IN6S. The van der Waals surface area contributed by atoms with E-state index in [1.165, 1.54) is 10.6 Å². The summed E-state index contributed by atoms with van der Waals surface area (Å²) in [6.45, 7) is 6.70. The second-order valence-electron chi connectivity index (χ2n) is 6.86. The number of benzene rings is 1. The first-order valence-electron chi connectivity index (χ1n) is 9.59. The van der Waals surface area contributed by atoms with Crippen LogP contribution in [0.1, 0.15) is 11.3 Å². The fourth-order valence-electron chi connectivity index (χ4n) is 3.53. The van der Waals surface area contributed by atoms with Crippen LogP contribution in [-0.4, -0.2) is 53.9 Å². The topological polar surface area (TPSA) is 48.7 Å². The van der Waals surface area contributed by atoms with E-state index in [4.69, 9.17) is 0 Å². The Morgan fingerprint density at radius 3 is 2.55 bits per heavy atom. The number of aromatic nitrogens is 2. The molecule has 0 spiro atoms. The largest absolute Gasteiger partial charge is 0.360 e. The first-order valence-corrected chi connectivity index (χ1v) is 10.5. The van der Waals surface area contributed by atoms with Crippen LogP contribution < -0.4 is 10.2 Å². The summed E-state index contributed by atoms with van der Waals surface area (Å²) in [7, 11) is 1.86. The molecule has 4 rings (SSSR count). The average molecular weight is 522 g/mol. The van der Waals surface area contributed by atoms with Crippen molar-refractivity contribution in [2.45, 2.75) is 13.5 Å². The standard InChI is InChI=1S/C21H26N6S.HI/c1-17-9-10-27(24-17)19-7-4-3-6-18(19)16-23-21(22-2)26-13-11-25(12-14-26)20-8-5-15-28-20;/h3-10,15H,11-14,16H2,1-2H3,(H,22,23);1H. The second kappa shape index (κ2) is 10.1. The molecule has 3 aromatic rings. The Hall–Kier alpha value is -2.07. The van der Waals surface area contributed by atoms with Gasteiger partial charge in [0.1, 0.15) is 0 Å². The van der Waals surface area contributed by atoms with Crippen LogP contribution in [0.5, 0.6) is 0 Å². The van der Waals surface area contributed by atoms with E-state index in [1.807, 2.05) is 30.9 Å². The van der Waals surface area contributed by atoms with Crippen molar-refractivity contribution >= 4 is 46.3 Å². The monoisotopic (exact) mass is 522 g/mol. The van der Waals surface area contributed by atoms with E-state index in [9.17, 15) is 0 Å². The van der Waals surface area contributed by atoms with Gasteiger partial charge in [-0.1, -0.05) is 18.2 Å². The highest BCUT2D eigenvalue weighted by Crippen LogP contribution is 2.22. The molecule has 0 radical (unpaired) electrons. The number of nitrogens with one attached hydrogen (secondary N) is 1. The van der Waals surface area contributed by atoms with Crippen LogP contribution in [0.3, 0.4) is 0 Å². The number of nitrogens with zero attached hydrogens (tertiary/aromatic N) is 5. The Bertz CT molecular complexity index is 928. The van der Waals surface area contributed by atoms with Crippen molar-refractivity contribution in [1.29, 1.82) is 0 Å². The fraction of sp³-hybridized carbons (Fsp3) is 0.333. The summed E-state index contributed by atoms with van der Waals surface area (Å²) in [4.78, 5) is 9.30. The Morgan fingerprint density at radius 1 is 1.10 bits per heavy atom. The molecule has 1 N–H and O–H groups in total. The Morgan fingerprint density at radius 2 is 1.90 bits per heavy atom. The number of aryl methyl sites for hydroxylation is 1. The molecule has 8 heteroatoms. The van der Waals surface area contributed by atoms with Gasteiger partial charge >= 0.3 is 0 Å². The molecular weight excluding hydrogens is 495 g/mol. The molecule has 0 bridgehead atoms. The molecule has 0 aliphatic carbocycles. The summed E-state index contributed by atoms with van der Waals surface area (Å²) in [5, 5.41) is 11.6. The number of rotatable bonds is 4. The van der Waals surface area contributed by atoms with E-state index < -0.39 is 0 Å².